The third kappa shape index (κ3) is 5.38. The van der Waals surface area contributed by atoms with Crippen LogP contribution in [0.15, 0.2) is 48.8 Å². The van der Waals surface area contributed by atoms with Crippen molar-refractivity contribution < 1.29 is 18.0 Å². The van der Waals surface area contributed by atoms with Crippen LogP contribution in [0.25, 0.3) is 10.9 Å². The molecule has 3 heterocycles. The molecular weight excluding hydrogens is 478 g/mol. The van der Waals surface area contributed by atoms with E-state index in [0.29, 0.717) is 31.5 Å². The standard InChI is InChI=1S/C26H33N5O4S/c1-5-30-13-10-18-6-8-21(16-22(18)30)28-24(32)20-7-9-23(27-17-20)31-14-11-19(12-15-31)25(33)29-36(34,35)26(2,3)4/h6-10,13,16-17,19H,5,11-12,14-15H2,1-4H3,(H,28,32)(H,29,33). The lowest BCUT2D eigenvalue weighted by atomic mass is 9.96. The number of pyridine rings is 1. The fraction of sp³-hybridized carbons (Fsp3) is 0.423. The van der Waals surface area contributed by atoms with Crippen molar-refractivity contribution in [1.29, 1.82) is 0 Å². The molecule has 192 valence electrons. The first-order chi connectivity index (χ1) is 17.0. The first-order valence-corrected chi connectivity index (χ1v) is 13.6. The van der Waals surface area contributed by atoms with E-state index in [-0.39, 0.29) is 11.8 Å². The number of rotatable bonds is 6. The van der Waals surface area contributed by atoms with E-state index in [2.05, 4.69) is 32.6 Å². The number of carbonyl (C=O) groups excluding carboxylic acids is 2. The van der Waals surface area contributed by atoms with Crippen molar-refractivity contribution in [2.75, 3.05) is 23.3 Å². The minimum atomic E-state index is -3.72. The maximum Gasteiger partial charge on any atom is 0.257 e. The van der Waals surface area contributed by atoms with Gasteiger partial charge in [-0.05, 0) is 76.3 Å². The molecular formula is C26H33N5O4S. The molecule has 1 aromatic carbocycles. The number of fused-ring (bicyclic) bond motifs is 1. The first kappa shape index (κ1) is 25.7. The summed E-state index contributed by atoms with van der Waals surface area (Å²) in [5, 5.41) is 4.06. The minimum absolute atomic E-state index is 0.238. The molecule has 10 heteroatoms. The van der Waals surface area contributed by atoms with Crippen LogP contribution in [0.2, 0.25) is 0 Å². The summed E-state index contributed by atoms with van der Waals surface area (Å²) in [6.07, 6.45) is 4.63. The fourth-order valence-electron chi connectivity index (χ4n) is 4.19. The number of carbonyl (C=O) groups is 2. The Balaban J connectivity index is 1.34. The molecule has 1 aliphatic heterocycles. The molecule has 3 aromatic rings. The van der Waals surface area contributed by atoms with Crippen molar-refractivity contribution in [1.82, 2.24) is 14.3 Å². The van der Waals surface area contributed by atoms with Crippen molar-refractivity contribution in [3.05, 3.63) is 54.4 Å². The highest BCUT2D eigenvalue weighted by atomic mass is 32.2. The molecule has 0 bridgehead atoms. The van der Waals surface area contributed by atoms with Gasteiger partial charge in [0.05, 0.1) is 15.8 Å². The molecule has 1 aliphatic rings. The summed E-state index contributed by atoms with van der Waals surface area (Å²) in [5.41, 5.74) is 2.24. The zero-order chi connectivity index (χ0) is 26.1. The lowest BCUT2D eigenvalue weighted by Gasteiger charge is -2.32. The normalized spacial score (nSPS) is 15.2. The topological polar surface area (TPSA) is 113 Å². The third-order valence-electron chi connectivity index (χ3n) is 6.61. The van der Waals surface area contributed by atoms with Crippen LogP contribution in [0.1, 0.15) is 50.9 Å². The van der Waals surface area contributed by atoms with Gasteiger partial charge < -0.3 is 14.8 Å². The number of hydrogen-bond donors (Lipinski definition) is 2. The second-order valence-electron chi connectivity index (χ2n) is 10.1. The highest BCUT2D eigenvalue weighted by molar-refractivity contribution is 7.91. The Labute approximate surface area is 211 Å². The summed E-state index contributed by atoms with van der Waals surface area (Å²) in [6.45, 7) is 8.75. The Morgan fingerprint density at radius 2 is 1.81 bits per heavy atom. The monoisotopic (exact) mass is 511 g/mol. The molecule has 0 unspecified atom stereocenters. The van der Waals surface area contributed by atoms with Gasteiger partial charge >= 0.3 is 0 Å². The Kier molecular flexibility index (Phi) is 7.08. The number of anilines is 2. The number of nitrogens with zero attached hydrogens (tertiary/aromatic N) is 3. The summed E-state index contributed by atoms with van der Waals surface area (Å²) < 4.78 is 27.9. The molecule has 36 heavy (non-hydrogen) atoms. The lowest BCUT2D eigenvalue weighted by molar-refractivity contribution is -0.123. The molecule has 9 nitrogen and oxygen atoms in total. The van der Waals surface area contributed by atoms with Crippen molar-refractivity contribution in [2.45, 2.75) is 51.8 Å². The molecule has 2 amide bonds. The Bertz CT molecular complexity index is 1370. The number of sulfonamides is 1. The number of piperidine rings is 1. The maximum absolute atomic E-state index is 12.8. The number of aromatic nitrogens is 2. The molecule has 1 fully saturated rings. The van der Waals surface area contributed by atoms with E-state index in [0.717, 1.165) is 29.0 Å². The average molecular weight is 512 g/mol. The molecule has 0 saturated carbocycles. The van der Waals surface area contributed by atoms with Gasteiger partial charge in [-0.25, -0.2) is 13.4 Å². The minimum Gasteiger partial charge on any atom is -0.357 e. The van der Waals surface area contributed by atoms with Crippen LogP contribution in [0.5, 0.6) is 0 Å². The van der Waals surface area contributed by atoms with Gasteiger partial charge in [0, 0.05) is 43.6 Å². The van der Waals surface area contributed by atoms with Gasteiger partial charge in [-0.1, -0.05) is 6.07 Å². The van der Waals surface area contributed by atoms with Gasteiger partial charge in [-0.3, -0.25) is 14.3 Å². The van der Waals surface area contributed by atoms with Crippen LogP contribution in [0, 0.1) is 5.92 Å². The van der Waals surface area contributed by atoms with Crippen LogP contribution in [0.4, 0.5) is 11.5 Å². The van der Waals surface area contributed by atoms with E-state index in [1.165, 1.54) is 0 Å². The van der Waals surface area contributed by atoms with Gasteiger partial charge in [-0.2, -0.15) is 0 Å². The molecule has 2 N–H and O–H groups in total. The molecule has 0 radical (unpaired) electrons. The molecule has 1 saturated heterocycles. The number of amides is 2. The Morgan fingerprint density at radius 3 is 2.42 bits per heavy atom. The number of benzene rings is 1. The lowest BCUT2D eigenvalue weighted by Crippen LogP contribution is -2.47. The van der Waals surface area contributed by atoms with Gasteiger partial charge in [0.25, 0.3) is 5.91 Å². The third-order valence-corrected chi connectivity index (χ3v) is 8.70. The van der Waals surface area contributed by atoms with Gasteiger partial charge in [0.2, 0.25) is 15.9 Å². The highest BCUT2D eigenvalue weighted by Crippen LogP contribution is 2.24. The van der Waals surface area contributed by atoms with Crippen molar-refractivity contribution >= 4 is 44.2 Å². The summed E-state index contributed by atoms with van der Waals surface area (Å²) in [6, 6.07) is 11.4. The highest BCUT2D eigenvalue weighted by Gasteiger charge is 2.34. The molecule has 0 spiro atoms. The van der Waals surface area contributed by atoms with E-state index < -0.39 is 20.7 Å². The van der Waals surface area contributed by atoms with E-state index in [9.17, 15) is 18.0 Å². The van der Waals surface area contributed by atoms with Crippen LogP contribution in [-0.4, -0.2) is 47.6 Å². The number of aryl methyl sites for hydroxylation is 1. The number of nitrogens with one attached hydrogen (secondary N) is 2. The molecule has 0 aliphatic carbocycles. The van der Waals surface area contributed by atoms with E-state index in [1.54, 1.807) is 39.1 Å². The predicted octanol–water partition coefficient (Wildman–Crippen LogP) is 3.77. The maximum atomic E-state index is 12.8. The van der Waals surface area contributed by atoms with Crippen molar-refractivity contribution in [3.8, 4) is 0 Å². The number of hydrogen-bond acceptors (Lipinski definition) is 6. The largest absolute Gasteiger partial charge is 0.357 e. The van der Waals surface area contributed by atoms with Gasteiger partial charge in [0.1, 0.15) is 5.82 Å². The van der Waals surface area contributed by atoms with E-state index in [1.807, 2.05) is 29.3 Å². The van der Waals surface area contributed by atoms with Crippen LogP contribution in [-0.2, 0) is 21.4 Å². The summed E-state index contributed by atoms with van der Waals surface area (Å²) in [7, 11) is -3.72. The van der Waals surface area contributed by atoms with Crippen LogP contribution < -0.4 is 14.9 Å². The predicted molar refractivity (Wildman–Crippen MR) is 142 cm³/mol. The zero-order valence-electron chi connectivity index (χ0n) is 21.1. The summed E-state index contributed by atoms with van der Waals surface area (Å²) in [4.78, 5) is 31.8. The molecule has 2 aromatic heterocycles. The SMILES string of the molecule is CCn1ccc2ccc(NC(=O)c3ccc(N4CCC(C(=O)NS(=O)(=O)C(C)(C)C)CC4)nc3)cc21. The fourth-order valence-corrected chi connectivity index (χ4v) is 4.93. The van der Waals surface area contributed by atoms with E-state index >= 15 is 0 Å². The second kappa shape index (κ2) is 9.93. The molecule has 4 rings (SSSR count). The summed E-state index contributed by atoms with van der Waals surface area (Å²) >= 11 is 0. The van der Waals surface area contributed by atoms with Crippen LogP contribution in [0.3, 0.4) is 0 Å². The Morgan fingerprint density at radius 1 is 1.08 bits per heavy atom. The average Bonchev–Trinajstić information content (AvgIpc) is 3.25. The molecule has 0 atom stereocenters. The second-order valence-corrected chi connectivity index (χ2v) is 12.5. The van der Waals surface area contributed by atoms with Crippen molar-refractivity contribution in [3.63, 3.8) is 0 Å². The zero-order valence-corrected chi connectivity index (χ0v) is 21.9. The smallest absolute Gasteiger partial charge is 0.257 e. The first-order valence-electron chi connectivity index (χ1n) is 12.2. The van der Waals surface area contributed by atoms with Gasteiger partial charge in [-0.15, -0.1) is 0 Å². The quantitative estimate of drug-likeness (QED) is 0.521. The van der Waals surface area contributed by atoms with Crippen LogP contribution >= 0.6 is 0 Å². The van der Waals surface area contributed by atoms with E-state index in [4.69, 9.17) is 0 Å². The van der Waals surface area contributed by atoms with Gasteiger partial charge in [0.15, 0.2) is 0 Å². The summed E-state index contributed by atoms with van der Waals surface area (Å²) in [5.74, 6) is -0.336. The Hall–Kier alpha value is -3.40. The van der Waals surface area contributed by atoms with Crippen molar-refractivity contribution in [2.24, 2.45) is 5.92 Å².